The van der Waals surface area contributed by atoms with Crippen LogP contribution in [0.15, 0.2) is 24.3 Å². The number of hydrogen-bond donors (Lipinski definition) is 3. The monoisotopic (exact) mass is 262 g/mol. The zero-order chi connectivity index (χ0) is 13.9. The van der Waals surface area contributed by atoms with E-state index in [0.29, 0.717) is 17.8 Å². The molecule has 0 atom stereocenters. The van der Waals surface area contributed by atoms with E-state index < -0.39 is 5.97 Å². The van der Waals surface area contributed by atoms with Crippen LogP contribution in [0.25, 0.3) is 0 Å². The van der Waals surface area contributed by atoms with E-state index in [-0.39, 0.29) is 17.9 Å². The van der Waals surface area contributed by atoms with Crippen molar-refractivity contribution < 1.29 is 14.7 Å². The third kappa shape index (κ3) is 4.28. The van der Waals surface area contributed by atoms with E-state index in [0.717, 1.165) is 12.8 Å². The van der Waals surface area contributed by atoms with Crippen molar-refractivity contribution in [1.29, 1.82) is 0 Å². The van der Waals surface area contributed by atoms with Crippen molar-refractivity contribution >= 4 is 17.7 Å². The quantitative estimate of drug-likeness (QED) is 0.761. The van der Waals surface area contributed by atoms with Gasteiger partial charge >= 0.3 is 12.0 Å². The molecule has 1 aliphatic rings. The van der Waals surface area contributed by atoms with Gasteiger partial charge in [0.25, 0.3) is 0 Å². The van der Waals surface area contributed by atoms with Gasteiger partial charge in [-0.25, -0.2) is 4.79 Å². The molecule has 3 N–H and O–H groups in total. The summed E-state index contributed by atoms with van der Waals surface area (Å²) in [6.45, 7) is 2.84. The van der Waals surface area contributed by atoms with Crippen molar-refractivity contribution in [3.63, 3.8) is 0 Å². The lowest BCUT2D eigenvalue weighted by Gasteiger charge is -2.11. The van der Waals surface area contributed by atoms with Crippen molar-refractivity contribution in [2.24, 2.45) is 5.41 Å². The highest BCUT2D eigenvalue weighted by molar-refractivity contribution is 5.89. The molecule has 5 heteroatoms. The second kappa shape index (κ2) is 5.30. The van der Waals surface area contributed by atoms with Crippen LogP contribution in [-0.4, -0.2) is 23.7 Å². The van der Waals surface area contributed by atoms with Gasteiger partial charge in [-0.2, -0.15) is 0 Å². The van der Waals surface area contributed by atoms with Crippen LogP contribution < -0.4 is 10.6 Å². The van der Waals surface area contributed by atoms with Crippen LogP contribution in [0, 0.1) is 5.41 Å². The number of rotatable bonds is 5. The normalized spacial score (nSPS) is 15.6. The fourth-order valence-corrected chi connectivity index (χ4v) is 1.74. The summed E-state index contributed by atoms with van der Waals surface area (Å²) >= 11 is 0. The fraction of sp³-hybridized carbons (Fsp3) is 0.429. The van der Waals surface area contributed by atoms with Gasteiger partial charge in [-0.3, -0.25) is 4.79 Å². The molecule has 0 unspecified atom stereocenters. The number of urea groups is 1. The summed E-state index contributed by atoms with van der Waals surface area (Å²) in [5.74, 6) is -0.865. The Morgan fingerprint density at radius 3 is 2.42 bits per heavy atom. The zero-order valence-corrected chi connectivity index (χ0v) is 10.9. The maximum Gasteiger partial charge on any atom is 0.319 e. The number of anilines is 1. The molecule has 1 aromatic rings. The molecule has 1 saturated carbocycles. The first kappa shape index (κ1) is 13.4. The van der Waals surface area contributed by atoms with Gasteiger partial charge < -0.3 is 15.7 Å². The summed E-state index contributed by atoms with van der Waals surface area (Å²) in [5.41, 5.74) is 1.65. The first-order valence-corrected chi connectivity index (χ1v) is 6.32. The minimum Gasteiger partial charge on any atom is -0.481 e. The summed E-state index contributed by atoms with van der Waals surface area (Å²) in [6, 6.07) is 6.59. The Hall–Kier alpha value is -2.04. The van der Waals surface area contributed by atoms with E-state index in [1.807, 2.05) is 0 Å². The largest absolute Gasteiger partial charge is 0.481 e. The molecule has 0 radical (unpaired) electrons. The minimum absolute atomic E-state index is 0.00910. The molecule has 0 aliphatic heterocycles. The number of amides is 2. The van der Waals surface area contributed by atoms with Gasteiger partial charge in [0.05, 0.1) is 6.42 Å². The van der Waals surface area contributed by atoms with Crippen LogP contribution in [0.1, 0.15) is 25.3 Å². The number of carbonyl (C=O) groups excluding carboxylic acids is 1. The number of hydrogen-bond acceptors (Lipinski definition) is 2. The van der Waals surface area contributed by atoms with Crippen molar-refractivity contribution in [1.82, 2.24) is 5.32 Å². The van der Waals surface area contributed by atoms with E-state index in [9.17, 15) is 9.59 Å². The average molecular weight is 262 g/mol. The van der Waals surface area contributed by atoms with E-state index >= 15 is 0 Å². The molecule has 102 valence electrons. The molecule has 0 saturated heterocycles. The molecule has 0 aromatic heterocycles. The molecule has 1 fully saturated rings. The average Bonchev–Trinajstić information content (AvgIpc) is 3.08. The van der Waals surface area contributed by atoms with Gasteiger partial charge in [0, 0.05) is 12.2 Å². The first-order chi connectivity index (χ1) is 8.97. The van der Waals surface area contributed by atoms with Crippen LogP contribution in [0.4, 0.5) is 10.5 Å². The van der Waals surface area contributed by atoms with Crippen molar-refractivity contribution in [3.8, 4) is 0 Å². The topological polar surface area (TPSA) is 78.4 Å². The molecule has 0 bridgehead atoms. The van der Waals surface area contributed by atoms with Crippen LogP contribution in [0.5, 0.6) is 0 Å². The van der Waals surface area contributed by atoms with E-state index in [1.165, 1.54) is 0 Å². The lowest BCUT2D eigenvalue weighted by Crippen LogP contribution is -2.32. The fourth-order valence-electron chi connectivity index (χ4n) is 1.74. The smallest absolute Gasteiger partial charge is 0.319 e. The SMILES string of the molecule is CC1(CNC(=O)Nc2ccc(CC(=O)O)cc2)CC1. The van der Waals surface area contributed by atoms with Gasteiger partial charge in [-0.1, -0.05) is 19.1 Å². The zero-order valence-electron chi connectivity index (χ0n) is 10.9. The molecule has 1 aliphatic carbocycles. The van der Waals surface area contributed by atoms with E-state index in [4.69, 9.17) is 5.11 Å². The predicted molar refractivity (Wildman–Crippen MR) is 72.1 cm³/mol. The number of aliphatic carboxylic acids is 1. The third-order valence-corrected chi connectivity index (χ3v) is 3.35. The number of carboxylic acid groups (broad SMARTS) is 1. The van der Waals surface area contributed by atoms with Crippen molar-refractivity contribution in [2.75, 3.05) is 11.9 Å². The molecule has 0 heterocycles. The van der Waals surface area contributed by atoms with Gasteiger partial charge in [0.15, 0.2) is 0 Å². The maximum atomic E-state index is 11.6. The van der Waals surface area contributed by atoms with E-state index in [1.54, 1.807) is 24.3 Å². The Labute approximate surface area is 112 Å². The van der Waals surface area contributed by atoms with Gasteiger partial charge in [0.1, 0.15) is 0 Å². The second-order valence-corrected chi connectivity index (χ2v) is 5.39. The molecular weight excluding hydrogens is 244 g/mol. The van der Waals surface area contributed by atoms with Crippen LogP contribution in [0.3, 0.4) is 0 Å². The van der Waals surface area contributed by atoms with Gasteiger partial charge in [0.2, 0.25) is 0 Å². The predicted octanol–water partition coefficient (Wildman–Crippen LogP) is 2.24. The summed E-state index contributed by atoms with van der Waals surface area (Å²) < 4.78 is 0. The van der Waals surface area contributed by atoms with Crippen LogP contribution in [-0.2, 0) is 11.2 Å². The number of benzene rings is 1. The highest BCUT2D eigenvalue weighted by Crippen LogP contribution is 2.43. The third-order valence-electron chi connectivity index (χ3n) is 3.35. The lowest BCUT2D eigenvalue weighted by molar-refractivity contribution is -0.136. The van der Waals surface area contributed by atoms with Crippen molar-refractivity contribution in [3.05, 3.63) is 29.8 Å². The Morgan fingerprint density at radius 2 is 1.89 bits per heavy atom. The van der Waals surface area contributed by atoms with Gasteiger partial charge in [-0.15, -0.1) is 0 Å². The molecule has 1 aromatic carbocycles. The highest BCUT2D eigenvalue weighted by Gasteiger charge is 2.37. The molecule has 2 amide bonds. The highest BCUT2D eigenvalue weighted by atomic mass is 16.4. The molecule has 5 nitrogen and oxygen atoms in total. The number of nitrogens with one attached hydrogen (secondary N) is 2. The summed E-state index contributed by atoms with van der Waals surface area (Å²) in [6.07, 6.45) is 2.32. The molecule has 19 heavy (non-hydrogen) atoms. The number of carbonyl (C=O) groups is 2. The first-order valence-electron chi connectivity index (χ1n) is 6.32. The summed E-state index contributed by atoms with van der Waals surface area (Å²) in [4.78, 5) is 22.2. The van der Waals surface area contributed by atoms with Crippen LogP contribution >= 0.6 is 0 Å². The maximum absolute atomic E-state index is 11.6. The number of carboxylic acids is 1. The standard InChI is InChI=1S/C14H18N2O3/c1-14(6-7-14)9-15-13(19)16-11-4-2-10(3-5-11)8-12(17)18/h2-5H,6-9H2,1H3,(H,17,18)(H2,15,16,19). The Morgan fingerprint density at radius 1 is 1.26 bits per heavy atom. The summed E-state index contributed by atoms with van der Waals surface area (Å²) in [7, 11) is 0. The summed E-state index contributed by atoms with van der Waals surface area (Å²) in [5, 5.41) is 14.2. The van der Waals surface area contributed by atoms with Crippen molar-refractivity contribution in [2.45, 2.75) is 26.2 Å². The Balaban J connectivity index is 1.81. The second-order valence-electron chi connectivity index (χ2n) is 5.39. The Bertz CT molecular complexity index is 478. The minimum atomic E-state index is -0.865. The van der Waals surface area contributed by atoms with Gasteiger partial charge in [-0.05, 0) is 36.0 Å². The van der Waals surface area contributed by atoms with E-state index in [2.05, 4.69) is 17.6 Å². The lowest BCUT2D eigenvalue weighted by atomic mass is 10.1. The Kier molecular flexibility index (Phi) is 3.74. The molecular formula is C14H18N2O3. The molecule has 2 rings (SSSR count). The van der Waals surface area contributed by atoms with Crippen LogP contribution in [0.2, 0.25) is 0 Å². The molecule has 0 spiro atoms.